The zero-order chi connectivity index (χ0) is 10.4. The molecule has 0 saturated carbocycles. The highest BCUT2D eigenvalue weighted by Crippen LogP contribution is 2.07. The lowest BCUT2D eigenvalue weighted by Gasteiger charge is -2.01. The third-order valence-corrected chi connectivity index (χ3v) is 2.56. The van der Waals surface area contributed by atoms with Crippen molar-refractivity contribution in [3.63, 3.8) is 0 Å². The maximum Gasteiger partial charge on any atom is 0.229 e. The number of nitrogens with zero attached hydrogens (tertiary/aromatic N) is 1. The predicted octanol–water partition coefficient (Wildman–Crippen LogP) is 0.776. The summed E-state index contributed by atoms with van der Waals surface area (Å²) in [6.45, 7) is 1.58. The van der Waals surface area contributed by atoms with Crippen molar-refractivity contribution in [2.45, 2.75) is 19.8 Å². The van der Waals surface area contributed by atoms with Crippen molar-refractivity contribution >= 4 is 40.2 Å². The fourth-order valence-electron chi connectivity index (χ4n) is 0.688. The summed E-state index contributed by atoms with van der Waals surface area (Å²) >= 11 is 2.03. The quantitative estimate of drug-likeness (QED) is 0.408. The predicted molar refractivity (Wildman–Crippen MR) is 56.6 cm³/mol. The maximum atomic E-state index is 10.5. The van der Waals surface area contributed by atoms with Crippen LogP contribution in [0.25, 0.3) is 0 Å². The fraction of sp³-hybridized carbons (Fsp3) is 0.625. The van der Waals surface area contributed by atoms with Gasteiger partial charge in [-0.2, -0.15) is 0 Å². The van der Waals surface area contributed by atoms with E-state index in [4.69, 9.17) is 0 Å². The van der Waals surface area contributed by atoms with E-state index in [1.165, 1.54) is 11.9 Å². The van der Waals surface area contributed by atoms with Crippen LogP contribution in [0.4, 0.5) is 0 Å². The van der Waals surface area contributed by atoms with E-state index < -0.39 is 0 Å². The molecule has 1 aliphatic rings. The van der Waals surface area contributed by atoms with Crippen molar-refractivity contribution in [1.29, 1.82) is 0 Å². The second-order valence-corrected chi connectivity index (χ2v) is 3.44. The van der Waals surface area contributed by atoms with E-state index >= 15 is 0 Å². The van der Waals surface area contributed by atoms with Crippen LogP contribution in [0.15, 0.2) is 0 Å². The Morgan fingerprint density at radius 2 is 1.69 bits per heavy atom. The number of ketones is 1. The highest BCUT2D eigenvalue weighted by atomic mass is 127. The number of hydrogen-bond donors (Lipinski definition) is 0. The molecule has 1 saturated heterocycles. The van der Waals surface area contributed by atoms with Gasteiger partial charge in [-0.15, -0.1) is 0 Å². The van der Waals surface area contributed by atoms with Crippen LogP contribution in [-0.4, -0.2) is 34.0 Å². The van der Waals surface area contributed by atoms with E-state index in [9.17, 15) is 14.4 Å². The normalized spacial score (nSPS) is 15.5. The molecular formula is C8H12INO3. The lowest BCUT2D eigenvalue weighted by Crippen LogP contribution is -2.23. The molecule has 2 amide bonds. The summed E-state index contributed by atoms with van der Waals surface area (Å²) in [6.07, 6.45) is 0.796. The first kappa shape index (κ1) is 12.5. The Kier molecular flexibility index (Phi) is 5.85. The summed E-state index contributed by atoms with van der Waals surface area (Å²) in [7, 11) is 1.51. The summed E-state index contributed by atoms with van der Waals surface area (Å²) in [4.78, 5) is 32.0. The zero-order valence-electron chi connectivity index (χ0n) is 7.67. The summed E-state index contributed by atoms with van der Waals surface area (Å²) in [5.74, 6) is 0.121. The van der Waals surface area contributed by atoms with Crippen LogP contribution in [0.1, 0.15) is 19.8 Å². The molecule has 1 heterocycles. The molecule has 0 atom stereocenters. The van der Waals surface area contributed by atoms with Gasteiger partial charge >= 0.3 is 0 Å². The number of carbonyl (C=O) groups excluding carboxylic acids is 3. The van der Waals surface area contributed by atoms with Crippen molar-refractivity contribution in [3.05, 3.63) is 0 Å². The van der Waals surface area contributed by atoms with Crippen molar-refractivity contribution in [2.75, 3.05) is 11.5 Å². The molecule has 4 nitrogen and oxygen atoms in total. The van der Waals surface area contributed by atoms with Crippen LogP contribution in [0.2, 0.25) is 0 Å². The lowest BCUT2D eigenvalue weighted by atomic mass is 10.4. The van der Waals surface area contributed by atoms with Gasteiger partial charge in [-0.05, 0) is 6.92 Å². The first-order valence-electron chi connectivity index (χ1n) is 3.83. The van der Waals surface area contributed by atoms with E-state index in [0.717, 1.165) is 0 Å². The van der Waals surface area contributed by atoms with Gasteiger partial charge in [0, 0.05) is 19.9 Å². The van der Waals surface area contributed by atoms with Crippen LogP contribution < -0.4 is 0 Å². The van der Waals surface area contributed by atoms with Gasteiger partial charge in [-0.1, -0.05) is 22.6 Å². The fourth-order valence-corrected chi connectivity index (χ4v) is 0.688. The molecule has 74 valence electrons. The molecule has 0 radical (unpaired) electrons. The third kappa shape index (κ3) is 4.97. The molecule has 0 spiro atoms. The SMILES string of the molecule is CC(=O)CI.CN1C(=O)CCC1=O. The average molecular weight is 297 g/mol. The van der Waals surface area contributed by atoms with E-state index in [1.54, 1.807) is 6.92 Å². The Balaban J connectivity index is 0.000000252. The Morgan fingerprint density at radius 3 is 1.77 bits per heavy atom. The van der Waals surface area contributed by atoms with Crippen LogP contribution in [0.3, 0.4) is 0 Å². The minimum absolute atomic E-state index is 0.0602. The lowest BCUT2D eigenvalue weighted by molar-refractivity contribution is -0.136. The first-order valence-corrected chi connectivity index (χ1v) is 5.36. The number of rotatable bonds is 1. The van der Waals surface area contributed by atoms with Gasteiger partial charge < -0.3 is 0 Å². The van der Waals surface area contributed by atoms with Gasteiger partial charge in [-0.25, -0.2) is 0 Å². The molecule has 1 fully saturated rings. The van der Waals surface area contributed by atoms with Gasteiger partial charge in [0.2, 0.25) is 11.8 Å². The molecule has 13 heavy (non-hydrogen) atoms. The van der Waals surface area contributed by atoms with Crippen molar-refractivity contribution < 1.29 is 14.4 Å². The summed E-state index contributed by atoms with van der Waals surface area (Å²) in [5.41, 5.74) is 0. The summed E-state index contributed by atoms with van der Waals surface area (Å²) < 4.78 is 0.637. The summed E-state index contributed by atoms with van der Waals surface area (Å²) in [6, 6.07) is 0. The number of imide groups is 1. The molecule has 0 aromatic heterocycles. The minimum Gasteiger partial charge on any atom is -0.299 e. The van der Waals surface area contributed by atoms with E-state index in [0.29, 0.717) is 17.3 Å². The largest absolute Gasteiger partial charge is 0.299 e. The number of carbonyl (C=O) groups is 3. The highest BCUT2D eigenvalue weighted by molar-refractivity contribution is 14.1. The average Bonchev–Trinajstić information content (AvgIpc) is 2.37. The molecule has 0 aromatic rings. The second kappa shape index (κ2) is 6.06. The van der Waals surface area contributed by atoms with Crippen LogP contribution >= 0.6 is 22.6 Å². The third-order valence-electron chi connectivity index (χ3n) is 1.49. The van der Waals surface area contributed by atoms with Crippen LogP contribution in [0.5, 0.6) is 0 Å². The smallest absolute Gasteiger partial charge is 0.229 e. The Bertz CT molecular complexity index is 211. The molecule has 0 aromatic carbocycles. The number of hydrogen-bond acceptors (Lipinski definition) is 3. The number of alkyl halides is 1. The minimum atomic E-state index is -0.0602. The Labute approximate surface area is 90.8 Å². The van der Waals surface area contributed by atoms with Gasteiger partial charge in [0.05, 0.1) is 4.43 Å². The van der Waals surface area contributed by atoms with E-state index in [2.05, 4.69) is 0 Å². The second-order valence-electron chi connectivity index (χ2n) is 2.68. The van der Waals surface area contributed by atoms with Gasteiger partial charge in [-0.3, -0.25) is 19.3 Å². The van der Waals surface area contributed by atoms with Crippen LogP contribution in [0, 0.1) is 0 Å². The van der Waals surface area contributed by atoms with Crippen molar-refractivity contribution in [2.24, 2.45) is 0 Å². The standard InChI is InChI=1S/C5H7NO2.C3H5IO/c1-6-4(7)2-3-5(6)8;1-3(5)2-4/h2-3H2,1H3;2H2,1H3. The van der Waals surface area contributed by atoms with Gasteiger partial charge in [0.15, 0.2) is 0 Å². The molecule has 0 bridgehead atoms. The molecule has 0 N–H and O–H groups in total. The van der Waals surface area contributed by atoms with Crippen LogP contribution in [-0.2, 0) is 14.4 Å². The first-order chi connectivity index (χ1) is 5.99. The number of Topliss-reactive ketones (excluding diaryl/α,β-unsaturated/α-hetero) is 1. The molecule has 1 rings (SSSR count). The van der Waals surface area contributed by atoms with E-state index in [-0.39, 0.29) is 17.6 Å². The van der Waals surface area contributed by atoms with Crippen molar-refractivity contribution in [3.8, 4) is 0 Å². The number of amides is 2. The molecular weight excluding hydrogens is 285 g/mol. The summed E-state index contributed by atoms with van der Waals surface area (Å²) in [5, 5.41) is 0. The molecule has 1 aliphatic heterocycles. The van der Waals surface area contributed by atoms with E-state index in [1.807, 2.05) is 22.6 Å². The Morgan fingerprint density at radius 1 is 1.38 bits per heavy atom. The Hall–Kier alpha value is -0.460. The van der Waals surface area contributed by atoms with Crippen molar-refractivity contribution in [1.82, 2.24) is 4.90 Å². The molecule has 0 unspecified atom stereocenters. The zero-order valence-corrected chi connectivity index (χ0v) is 9.83. The number of likely N-dealkylation sites (tertiary alicyclic amines) is 1. The number of halogens is 1. The van der Waals surface area contributed by atoms with Gasteiger partial charge in [0.25, 0.3) is 0 Å². The maximum absolute atomic E-state index is 10.5. The monoisotopic (exact) mass is 297 g/mol. The van der Waals surface area contributed by atoms with Gasteiger partial charge in [0.1, 0.15) is 5.78 Å². The molecule has 5 heteroatoms. The topological polar surface area (TPSA) is 54.5 Å². The highest BCUT2D eigenvalue weighted by Gasteiger charge is 2.24. The molecule has 0 aliphatic carbocycles.